The summed E-state index contributed by atoms with van der Waals surface area (Å²) in [7, 11) is 0. The van der Waals surface area contributed by atoms with Gasteiger partial charge in [-0.15, -0.1) is 11.3 Å². The quantitative estimate of drug-likeness (QED) is 0.187. The van der Waals surface area contributed by atoms with E-state index < -0.39 is 0 Å². The van der Waals surface area contributed by atoms with Crippen molar-refractivity contribution >= 4 is 75.3 Å². The van der Waals surface area contributed by atoms with Crippen molar-refractivity contribution in [2.24, 2.45) is 0 Å². The molecule has 4 aromatic heterocycles. The van der Waals surface area contributed by atoms with Gasteiger partial charge < -0.3 is 4.57 Å². The molecule has 4 nitrogen and oxygen atoms in total. The van der Waals surface area contributed by atoms with Crippen LogP contribution in [0.25, 0.3) is 97.9 Å². The predicted molar refractivity (Wildman–Crippen MR) is 214 cm³/mol. The van der Waals surface area contributed by atoms with Crippen LogP contribution in [0.2, 0.25) is 0 Å². The average Bonchev–Trinajstić information content (AvgIpc) is 3.85. The number of hydrogen-bond acceptors (Lipinski definition) is 3. The Bertz CT molecular complexity index is 3130. The lowest BCUT2D eigenvalue weighted by Gasteiger charge is -2.11. The first kappa shape index (κ1) is 28.3. The van der Waals surface area contributed by atoms with E-state index >= 15 is 0 Å². The van der Waals surface area contributed by atoms with Crippen LogP contribution in [0.1, 0.15) is 0 Å². The summed E-state index contributed by atoms with van der Waals surface area (Å²) in [6.07, 6.45) is 0. The second-order valence-corrected chi connectivity index (χ2v) is 14.1. The Morgan fingerprint density at radius 1 is 0.392 bits per heavy atom. The molecule has 0 aliphatic carbocycles. The Labute approximate surface area is 297 Å². The number of fused-ring (bicyclic) bond motifs is 9. The molecular formula is C46H28N4S. The summed E-state index contributed by atoms with van der Waals surface area (Å²) in [5, 5.41) is 5.99. The Morgan fingerprint density at radius 3 is 1.78 bits per heavy atom. The van der Waals surface area contributed by atoms with E-state index in [0.717, 1.165) is 49.1 Å². The molecule has 0 atom stereocenters. The number of nitrogens with zero attached hydrogens (tertiary/aromatic N) is 4. The van der Waals surface area contributed by atoms with Gasteiger partial charge >= 0.3 is 0 Å². The van der Waals surface area contributed by atoms with Gasteiger partial charge in [0.1, 0.15) is 0 Å². The topological polar surface area (TPSA) is 35.6 Å². The number of hydrogen-bond donors (Lipinski definition) is 0. The maximum atomic E-state index is 5.38. The summed E-state index contributed by atoms with van der Waals surface area (Å²) in [6.45, 7) is 0. The standard InChI is InChI=1S/C46H28N4S/c1-3-13-29(14-4-1)43-45-44(36-19-9-12-22-42(36)51-45)48-46(47-43)50-39-21-11-7-17-33(39)35-25-23-31(28-41(35)50)30-24-26-40-37(27-30)34-18-8-10-20-38(34)49(40)32-15-5-2-6-16-32/h1-28H. The molecule has 0 aliphatic heterocycles. The van der Waals surface area contributed by atoms with Gasteiger partial charge in [0.15, 0.2) is 0 Å². The minimum absolute atomic E-state index is 0.676. The third kappa shape index (κ3) is 4.25. The van der Waals surface area contributed by atoms with Crippen LogP contribution in [0.4, 0.5) is 0 Å². The molecular weight excluding hydrogens is 641 g/mol. The molecule has 0 aliphatic rings. The van der Waals surface area contributed by atoms with Gasteiger partial charge in [-0.1, -0.05) is 121 Å². The van der Waals surface area contributed by atoms with E-state index in [1.807, 2.05) is 0 Å². The monoisotopic (exact) mass is 668 g/mol. The van der Waals surface area contributed by atoms with Gasteiger partial charge in [0.2, 0.25) is 5.95 Å². The average molecular weight is 669 g/mol. The SMILES string of the molecule is c1ccc(-c2nc(-n3c4ccccc4c4ccc(-c5ccc6c(c5)c5ccccc5n6-c5ccccc5)cc43)nc3c2sc2ccccc23)cc1. The van der Waals surface area contributed by atoms with Crippen LogP contribution in [0.15, 0.2) is 170 Å². The lowest BCUT2D eigenvalue weighted by molar-refractivity contribution is 1.02. The van der Waals surface area contributed by atoms with Crippen LogP contribution in [-0.2, 0) is 0 Å². The van der Waals surface area contributed by atoms with Gasteiger partial charge in [0, 0.05) is 42.9 Å². The normalized spacial score (nSPS) is 11.9. The number of benzene rings is 7. The van der Waals surface area contributed by atoms with Gasteiger partial charge in [0.05, 0.1) is 38.0 Å². The van der Waals surface area contributed by atoms with Crippen LogP contribution in [0.5, 0.6) is 0 Å². The van der Waals surface area contributed by atoms with Crippen LogP contribution in [-0.4, -0.2) is 19.1 Å². The van der Waals surface area contributed by atoms with Crippen molar-refractivity contribution in [1.29, 1.82) is 0 Å². The van der Waals surface area contributed by atoms with Crippen molar-refractivity contribution in [3.63, 3.8) is 0 Å². The van der Waals surface area contributed by atoms with Crippen LogP contribution in [0, 0.1) is 0 Å². The summed E-state index contributed by atoms with van der Waals surface area (Å²) in [4.78, 5) is 10.7. The first-order valence-corrected chi connectivity index (χ1v) is 18.0. The van der Waals surface area contributed by atoms with E-state index in [-0.39, 0.29) is 0 Å². The minimum atomic E-state index is 0.676. The van der Waals surface area contributed by atoms with Crippen molar-refractivity contribution in [2.45, 2.75) is 0 Å². The third-order valence-corrected chi connectivity index (χ3v) is 11.3. The van der Waals surface area contributed by atoms with Crippen molar-refractivity contribution < 1.29 is 0 Å². The zero-order valence-electron chi connectivity index (χ0n) is 27.4. The molecule has 0 radical (unpaired) electrons. The highest BCUT2D eigenvalue weighted by Crippen LogP contribution is 2.41. The van der Waals surface area contributed by atoms with E-state index in [4.69, 9.17) is 9.97 Å². The van der Waals surface area contributed by atoms with Crippen molar-refractivity contribution in [3.8, 4) is 34.0 Å². The molecule has 4 heterocycles. The molecule has 11 rings (SSSR count). The van der Waals surface area contributed by atoms with E-state index in [2.05, 4.69) is 179 Å². The third-order valence-electron chi connectivity index (χ3n) is 10.1. The Hall–Kier alpha value is -6.56. The van der Waals surface area contributed by atoms with E-state index in [1.54, 1.807) is 11.3 Å². The lowest BCUT2D eigenvalue weighted by atomic mass is 10.0. The Balaban J connectivity index is 1.17. The second kappa shape index (κ2) is 11.0. The second-order valence-electron chi connectivity index (χ2n) is 13.0. The number of para-hydroxylation sites is 3. The summed E-state index contributed by atoms with van der Waals surface area (Å²) in [5.74, 6) is 0.676. The molecule has 0 saturated heterocycles. The first-order chi connectivity index (χ1) is 25.3. The summed E-state index contributed by atoms with van der Waals surface area (Å²) in [6, 6.07) is 60.7. The van der Waals surface area contributed by atoms with Gasteiger partial charge in [-0.05, 0) is 59.7 Å². The van der Waals surface area contributed by atoms with Crippen LogP contribution < -0.4 is 0 Å². The molecule has 238 valence electrons. The summed E-state index contributed by atoms with van der Waals surface area (Å²) < 4.78 is 6.94. The largest absolute Gasteiger partial charge is 0.309 e. The zero-order chi connectivity index (χ0) is 33.5. The van der Waals surface area contributed by atoms with E-state index in [1.165, 1.54) is 42.8 Å². The fourth-order valence-electron chi connectivity index (χ4n) is 7.84. The maximum Gasteiger partial charge on any atom is 0.235 e. The van der Waals surface area contributed by atoms with Crippen molar-refractivity contribution in [2.75, 3.05) is 0 Å². The summed E-state index contributed by atoms with van der Waals surface area (Å²) in [5.41, 5.74) is 11.1. The Morgan fingerprint density at radius 2 is 0.980 bits per heavy atom. The highest BCUT2D eigenvalue weighted by molar-refractivity contribution is 7.26. The van der Waals surface area contributed by atoms with Gasteiger partial charge in [0.25, 0.3) is 0 Å². The molecule has 51 heavy (non-hydrogen) atoms. The van der Waals surface area contributed by atoms with Gasteiger partial charge in [-0.25, -0.2) is 9.97 Å². The highest BCUT2D eigenvalue weighted by atomic mass is 32.1. The number of rotatable bonds is 4. The molecule has 7 aromatic carbocycles. The molecule has 0 N–H and O–H groups in total. The van der Waals surface area contributed by atoms with E-state index in [0.29, 0.717) is 5.95 Å². The molecule has 0 bridgehead atoms. The fourth-order valence-corrected chi connectivity index (χ4v) is 9.00. The molecule has 5 heteroatoms. The lowest BCUT2D eigenvalue weighted by Crippen LogP contribution is -2.02. The molecule has 0 saturated carbocycles. The molecule has 0 amide bonds. The molecule has 0 fully saturated rings. The van der Waals surface area contributed by atoms with Crippen molar-refractivity contribution in [1.82, 2.24) is 19.1 Å². The number of thiophene rings is 1. The van der Waals surface area contributed by atoms with Gasteiger partial charge in [-0.3, -0.25) is 4.57 Å². The fraction of sp³-hybridized carbons (Fsp3) is 0. The van der Waals surface area contributed by atoms with Crippen LogP contribution >= 0.6 is 11.3 Å². The van der Waals surface area contributed by atoms with Gasteiger partial charge in [-0.2, -0.15) is 0 Å². The Kier molecular flexibility index (Phi) is 6.09. The maximum absolute atomic E-state index is 5.38. The summed E-state index contributed by atoms with van der Waals surface area (Å²) >= 11 is 1.76. The number of aromatic nitrogens is 4. The van der Waals surface area contributed by atoms with Crippen LogP contribution in [0.3, 0.4) is 0 Å². The van der Waals surface area contributed by atoms with Crippen molar-refractivity contribution in [3.05, 3.63) is 170 Å². The first-order valence-electron chi connectivity index (χ1n) is 17.2. The molecule has 0 unspecified atom stereocenters. The minimum Gasteiger partial charge on any atom is -0.309 e. The highest BCUT2D eigenvalue weighted by Gasteiger charge is 2.20. The zero-order valence-corrected chi connectivity index (χ0v) is 28.2. The smallest absolute Gasteiger partial charge is 0.235 e. The van der Waals surface area contributed by atoms with E-state index in [9.17, 15) is 0 Å². The molecule has 0 spiro atoms. The molecule has 11 aromatic rings. The predicted octanol–water partition coefficient (Wildman–Crippen LogP) is 12.4.